The van der Waals surface area contributed by atoms with Gasteiger partial charge in [0.25, 0.3) is 0 Å². The number of benzene rings is 2. The van der Waals surface area contributed by atoms with Crippen molar-refractivity contribution >= 4 is 74.7 Å². The Balaban J connectivity index is 2.11. The number of halogens is 2. The molecule has 0 aliphatic rings. The predicted octanol–water partition coefficient (Wildman–Crippen LogP) is 7.31. The van der Waals surface area contributed by atoms with Gasteiger partial charge in [0.05, 0.1) is 8.66 Å². The van der Waals surface area contributed by atoms with Crippen molar-refractivity contribution in [3.8, 4) is 10.4 Å². The average Bonchev–Trinajstić information content (AvgIpc) is 2.96. The highest BCUT2D eigenvalue weighted by atomic mass is 79.9. The molecule has 4 heteroatoms. The van der Waals surface area contributed by atoms with Crippen LogP contribution in [-0.4, -0.2) is 0 Å². The van der Waals surface area contributed by atoms with Crippen molar-refractivity contribution in [2.24, 2.45) is 0 Å². The van der Waals surface area contributed by atoms with Crippen LogP contribution in [0.15, 0.2) is 56.8 Å². The van der Waals surface area contributed by atoms with Crippen LogP contribution in [0, 0.1) is 0 Å². The lowest BCUT2D eigenvalue weighted by Gasteiger charge is -1.98. The first-order valence-corrected chi connectivity index (χ1v) is 9.32. The van der Waals surface area contributed by atoms with E-state index in [0.29, 0.717) is 0 Å². The Bertz CT molecular complexity index is 934. The Kier molecular flexibility index (Phi) is 3.22. The van der Waals surface area contributed by atoms with Gasteiger partial charge in [-0.1, -0.05) is 36.4 Å². The van der Waals surface area contributed by atoms with Crippen LogP contribution in [0.3, 0.4) is 0 Å². The third-order valence-electron chi connectivity index (χ3n) is 3.31. The molecule has 0 nitrogen and oxygen atoms in total. The Morgan fingerprint density at radius 1 is 0.700 bits per heavy atom. The Morgan fingerprint density at radius 3 is 2.00 bits per heavy atom. The van der Waals surface area contributed by atoms with E-state index in [-0.39, 0.29) is 0 Å². The average molecular weight is 424 g/mol. The van der Waals surface area contributed by atoms with Crippen molar-refractivity contribution in [1.82, 2.24) is 0 Å². The van der Waals surface area contributed by atoms with Gasteiger partial charge in [-0.3, -0.25) is 0 Å². The van der Waals surface area contributed by atoms with Gasteiger partial charge < -0.3 is 0 Å². The molecule has 0 N–H and O–H groups in total. The molecule has 0 atom stereocenters. The second-order valence-electron chi connectivity index (χ2n) is 4.49. The van der Waals surface area contributed by atoms with E-state index in [0.717, 1.165) is 0 Å². The highest BCUT2D eigenvalue weighted by Crippen LogP contribution is 2.49. The van der Waals surface area contributed by atoms with Crippen molar-refractivity contribution in [1.29, 1.82) is 0 Å². The summed E-state index contributed by atoms with van der Waals surface area (Å²) >= 11 is 11.2. The summed E-state index contributed by atoms with van der Waals surface area (Å²) in [5, 5.41) is 2.60. The summed E-state index contributed by atoms with van der Waals surface area (Å²) in [5.41, 5.74) is 1.30. The van der Waals surface area contributed by atoms with Gasteiger partial charge in [0.15, 0.2) is 0 Å². The molecule has 0 radical (unpaired) electrons. The summed E-state index contributed by atoms with van der Waals surface area (Å²) < 4.78 is 5.03. The van der Waals surface area contributed by atoms with E-state index in [2.05, 4.69) is 80.4 Å². The fourth-order valence-corrected chi connectivity index (χ4v) is 6.54. The molecule has 0 saturated heterocycles. The third kappa shape index (κ3) is 1.90. The van der Waals surface area contributed by atoms with Gasteiger partial charge in [0, 0.05) is 30.2 Å². The van der Waals surface area contributed by atoms with Gasteiger partial charge in [0.2, 0.25) is 0 Å². The van der Waals surface area contributed by atoms with E-state index >= 15 is 0 Å². The molecule has 2 heterocycles. The molecule has 0 fully saturated rings. The SMILES string of the molecule is Brc1sc2ccccc2c1-c1sc2ccccc2c1Br. The topological polar surface area (TPSA) is 0 Å². The van der Waals surface area contributed by atoms with E-state index in [4.69, 9.17) is 0 Å². The third-order valence-corrected chi connectivity index (χ3v) is 7.43. The molecule has 0 aliphatic heterocycles. The fraction of sp³-hybridized carbons (Fsp3) is 0. The summed E-state index contributed by atoms with van der Waals surface area (Å²) in [6, 6.07) is 17.1. The molecule has 2 aromatic heterocycles. The molecule has 0 saturated carbocycles. The van der Waals surface area contributed by atoms with Crippen molar-refractivity contribution in [3.63, 3.8) is 0 Å². The zero-order valence-electron chi connectivity index (χ0n) is 10.2. The minimum Gasteiger partial charge on any atom is -0.134 e. The molecular weight excluding hydrogens is 416 g/mol. The van der Waals surface area contributed by atoms with Gasteiger partial charge in [-0.05, 0) is 44.0 Å². The van der Waals surface area contributed by atoms with Gasteiger partial charge in [-0.25, -0.2) is 0 Å². The zero-order valence-corrected chi connectivity index (χ0v) is 15.0. The zero-order chi connectivity index (χ0) is 13.7. The first-order chi connectivity index (χ1) is 9.75. The van der Waals surface area contributed by atoms with Gasteiger partial charge >= 0.3 is 0 Å². The van der Waals surface area contributed by atoms with Crippen molar-refractivity contribution in [2.45, 2.75) is 0 Å². The van der Waals surface area contributed by atoms with E-state index in [1.807, 2.05) is 11.3 Å². The monoisotopic (exact) mass is 422 g/mol. The van der Waals surface area contributed by atoms with Crippen LogP contribution in [0.4, 0.5) is 0 Å². The molecule has 0 bridgehead atoms. The Labute approximate surface area is 141 Å². The molecule has 4 rings (SSSR count). The van der Waals surface area contributed by atoms with Gasteiger partial charge in [-0.15, -0.1) is 22.7 Å². The smallest absolute Gasteiger partial charge is 0.0797 e. The molecule has 0 amide bonds. The fourth-order valence-electron chi connectivity index (χ4n) is 2.40. The largest absolute Gasteiger partial charge is 0.134 e. The Hall–Kier alpha value is -0.680. The molecule has 4 aromatic rings. The summed E-state index contributed by atoms with van der Waals surface area (Å²) in [4.78, 5) is 1.30. The molecule has 20 heavy (non-hydrogen) atoms. The number of fused-ring (bicyclic) bond motifs is 2. The Morgan fingerprint density at radius 2 is 1.30 bits per heavy atom. The van der Waals surface area contributed by atoms with E-state index in [9.17, 15) is 0 Å². The highest BCUT2D eigenvalue weighted by molar-refractivity contribution is 9.11. The van der Waals surface area contributed by atoms with Crippen LogP contribution < -0.4 is 0 Å². The van der Waals surface area contributed by atoms with Crippen LogP contribution in [0.5, 0.6) is 0 Å². The van der Waals surface area contributed by atoms with E-state index < -0.39 is 0 Å². The quantitative estimate of drug-likeness (QED) is 0.301. The second kappa shape index (κ2) is 4.95. The number of hydrogen-bond acceptors (Lipinski definition) is 2. The summed E-state index contributed by atoms with van der Waals surface area (Å²) in [7, 11) is 0. The lowest BCUT2D eigenvalue weighted by atomic mass is 10.1. The lowest BCUT2D eigenvalue weighted by molar-refractivity contribution is 1.80. The molecule has 98 valence electrons. The minimum atomic E-state index is 1.20. The maximum absolute atomic E-state index is 3.79. The van der Waals surface area contributed by atoms with Crippen LogP contribution in [0.25, 0.3) is 30.6 Å². The van der Waals surface area contributed by atoms with Gasteiger partial charge in [-0.2, -0.15) is 0 Å². The summed E-state index contributed by atoms with van der Waals surface area (Å²) in [5.74, 6) is 0. The van der Waals surface area contributed by atoms with Gasteiger partial charge in [0.1, 0.15) is 0 Å². The van der Waals surface area contributed by atoms with Crippen molar-refractivity contribution < 1.29 is 0 Å². The van der Waals surface area contributed by atoms with E-state index in [1.54, 1.807) is 11.3 Å². The molecule has 0 aliphatic carbocycles. The van der Waals surface area contributed by atoms with Crippen LogP contribution in [-0.2, 0) is 0 Å². The number of thiophene rings is 2. The molecule has 0 unspecified atom stereocenters. The summed E-state index contributed by atoms with van der Waals surface area (Å²) in [6.07, 6.45) is 0. The molecular formula is C16H8Br2S2. The minimum absolute atomic E-state index is 1.20. The second-order valence-corrected chi connectivity index (χ2v) is 8.70. The standard InChI is InChI=1S/C16H8Br2S2/c17-14-10-6-2-4-8-12(10)19-15(14)13-9-5-1-3-7-11(9)20-16(13)18/h1-8H. The van der Waals surface area contributed by atoms with E-state index in [1.165, 1.54) is 38.9 Å². The van der Waals surface area contributed by atoms with Crippen molar-refractivity contribution in [2.75, 3.05) is 0 Å². The number of rotatable bonds is 1. The highest BCUT2D eigenvalue weighted by Gasteiger charge is 2.18. The normalized spacial score (nSPS) is 11.5. The molecule has 2 aromatic carbocycles. The summed E-state index contributed by atoms with van der Waals surface area (Å²) in [6.45, 7) is 0. The maximum atomic E-state index is 3.79. The van der Waals surface area contributed by atoms with Crippen LogP contribution >= 0.6 is 54.5 Å². The predicted molar refractivity (Wildman–Crippen MR) is 98.0 cm³/mol. The number of hydrogen-bond donors (Lipinski definition) is 0. The first kappa shape index (κ1) is 13.0. The van der Waals surface area contributed by atoms with Crippen LogP contribution in [0.1, 0.15) is 0 Å². The molecule has 0 spiro atoms. The van der Waals surface area contributed by atoms with Crippen LogP contribution in [0.2, 0.25) is 0 Å². The van der Waals surface area contributed by atoms with Crippen molar-refractivity contribution in [3.05, 3.63) is 56.8 Å². The maximum Gasteiger partial charge on any atom is 0.0797 e. The lowest BCUT2D eigenvalue weighted by Crippen LogP contribution is -1.72. The first-order valence-electron chi connectivity index (χ1n) is 6.10.